The zero-order chi connectivity index (χ0) is 10.7. The highest BCUT2D eigenvalue weighted by atomic mass is 79.9. The summed E-state index contributed by atoms with van der Waals surface area (Å²) in [6, 6.07) is 6.69. The number of halogens is 1. The second-order valence-corrected chi connectivity index (χ2v) is 5.21. The first-order valence-corrected chi connectivity index (χ1v) is 6.58. The van der Waals surface area contributed by atoms with E-state index >= 15 is 0 Å². The van der Waals surface area contributed by atoms with Crippen LogP contribution < -0.4 is 0 Å². The zero-order valence-electron chi connectivity index (χ0n) is 9.30. The van der Waals surface area contributed by atoms with Crippen LogP contribution in [0.3, 0.4) is 0 Å². The quantitative estimate of drug-likeness (QED) is 0.809. The minimum absolute atomic E-state index is 1.13. The summed E-state index contributed by atoms with van der Waals surface area (Å²) < 4.78 is 1.21. The SMILES string of the molecule is CCCCN1CCc2ccc(Br)cc2C1. The number of benzene rings is 1. The van der Waals surface area contributed by atoms with E-state index in [0.717, 1.165) is 6.54 Å². The number of hydrogen-bond donors (Lipinski definition) is 0. The van der Waals surface area contributed by atoms with E-state index < -0.39 is 0 Å². The average Bonchev–Trinajstić information content (AvgIpc) is 2.25. The molecule has 2 rings (SSSR count). The monoisotopic (exact) mass is 267 g/mol. The van der Waals surface area contributed by atoms with Crippen LogP contribution in [0.15, 0.2) is 22.7 Å². The topological polar surface area (TPSA) is 3.24 Å². The maximum absolute atomic E-state index is 3.54. The van der Waals surface area contributed by atoms with Gasteiger partial charge in [-0.3, -0.25) is 4.90 Å². The molecule has 0 bridgehead atoms. The first-order valence-electron chi connectivity index (χ1n) is 5.79. The molecule has 0 amide bonds. The van der Waals surface area contributed by atoms with E-state index in [1.165, 1.54) is 48.0 Å². The van der Waals surface area contributed by atoms with E-state index in [2.05, 4.69) is 46.0 Å². The Bertz CT molecular complexity index is 335. The highest BCUT2D eigenvalue weighted by Gasteiger charge is 2.15. The molecule has 0 aliphatic carbocycles. The van der Waals surface area contributed by atoms with Crippen LogP contribution in [0.4, 0.5) is 0 Å². The van der Waals surface area contributed by atoms with Crippen molar-refractivity contribution in [3.8, 4) is 0 Å². The smallest absolute Gasteiger partial charge is 0.0237 e. The van der Waals surface area contributed by atoms with Crippen LogP contribution in [0, 0.1) is 0 Å². The molecule has 0 spiro atoms. The predicted molar refractivity (Wildman–Crippen MR) is 68.0 cm³/mol. The lowest BCUT2D eigenvalue weighted by Crippen LogP contribution is -2.31. The van der Waals surface area contributed by atoms with Gasteiger partial charge in [0.2, 0.25) is 0 Å². The predicted octanol–water partition coefficient (Wildman–Crippen LogP) is 3.61. The summed E-state index contributed by atoms with van der Waals surface area (Å²) in [6.45, 7) is 5.88. The van der Waals surface area contributed by atoms with Crippen LogP contribution in [0.5, 0.6) is 0 Å². The van der Waals surface area contributed by atoms with Gasteiger partial charge in [0.1, 0.15) is 0 Å². The summed E-state index contributed by atoms with van der Waals surface area (Å²) in [7, 11) is 0. The third kappa shape index (κ3) is 2.82. The molecular formula is C13H18BrN. The van der Waals surface area contributed by atoms with Gasteiger partial charge in [-0.05, 0) is 42.6 Å². The molecule has 2 heteroatoms. The Hall–Kier alpha value is -0.340. The summed E-state index contributed by atoms with van der Waals surface area (Å²) >= 11 is 3.54. The van der Waals surface area contributed by atoms with Crippen molar-refractivity contribution in [2.45, 2.75) is 32.7 Å². The molecule has 1 aliphatic heterocycles. The van der Waals surface area contributed by atoms with Gasteiger partial charge in [-0.1, -0.05) is 35.3 Å². The first kappa shape index (κ1) is 11.2. The highest BCUT2D eigenvalue weighted by Crippen LogP contribution is 2.22. The molecule has 0 unspecified atom stereocenters. The molecule has 0 saturated heterocycles. The maximum Gasteiger partial charge on any atom is 0.0237 e. The molecule has 1 aromatic rings. The average molecular weight is 268 g/mol. The van der Waals surface area contributed by atoms with Crippen LogP contribution in [0.25, 0.3) is 0 Å². The Balaban J connectivity index is 2.05. The fraction of sp³-hybridized carbons (Fsp3) is 0.538. The number of hydrogen-bond acceptors (Lipinski definition) is 1. The van der Waals surface area contributed by atoms with Crippen LogP contribution in [0.2, 0.25) is 0 Å². The molecule has 0 radical (unpaired) electrons. The fourth-order valence-electron chi connectivity index (χ4n) is 2.16. The third-order valence-corrected chi connectivity index (χ3v) is 3.58. The van der Waals surface area contributed by atoms with Gasteiger partial charge < -0.3 is 0 Å². The third-order valence-electron chi connectivity index (χ3n) is 3.09. The summed E-state index contributed by atoms with van der Waals surface area (Å²) in [4.78, 5) is 2.57. The lowest BCUT2D eigenvalue weighted by molar-refractivity contribution is 0.250. The standard InChI is InChI=1S/C13H18BrN/c1-2-3-7-15-8-6-11-4-5-13(14)9-12(11)10-15/h4-5,9H,2-3,6-8,10H2,1H3. The van der Waals surface area contributed by atoms with Crippen LogP contribution in [-0.2, 0) is 13.0 Å². The zero-order valence-corrected chi connectivity index (χ0v) is 10.9. The highest BCUT2D eigenvalue weighted by molar-refractivity contribution is 9.10. The van der Waals surface area contributed by atoms with Gasteiger partial charge in [0.05, 0.1) is 0 Å². The number of fused-ring (bicyclic) bond motifs is 1. The molecule has 1 aliphatic rings. The molecule has 0 aromatic heterocycles. The van der Waals surface area contributed by atoms with Gasteiger partial charge in [0.25, 0.3) is 0 Å². The molecule has 0 atom stereocenters. The van der Waals surface area contributed by atoms with Crippen molar-refractivity contribution in [2.24, 2.45) is 0 Å². The van der Waals surface area contributed by atoms with Crippen molar-refractivity contribution >= 4 is 15.9 Å². The van der Waals surface area contributed by atoms with Gasteiger partial charge in [-0.15, -0.1) is 0 Å². The van der Waals surface area contributed by atoms with E-state index in [9.17, 15) is 0 Å². The molecule has 1 nitrogen and oxygen atoms in total. The van der Waals surface area contributed by atoms with Crippen molar-refractivity contribution in [1.82, 2.24) is 4.90 Å². The Morgan fingerprint density at radius 1 is 1.33 bits per heavy atom. The molecule has 0 N–H and O–H groups in total. The minimum atomic E-state index is 1.13. The number of rotatable bonds is 3. The molecule has 1 aromatic carbocycles. The second-order valence-electron chi connectivity index (χ2n) is 4.29. The Kier molecular flexibility index (Phi) is 3.81. The van der Waals surface area contributed by atoms with E-state index in [1.54, 1.807) is 0 Å². The van der Waals surface area contributed by atoms with Crippen molar-refractivity contribution in [3.63, 3.8) is 0 Å². The minimum Gasteiger partial charge on any atom is -0.299 e. The fourth-order valence-corrected chi connectivity index (χ4v) is 2.57. The van der Waals surface area contributed by atoms with Crippen molar-refractivity contribution < 1.29 is 0 Å². The molecule has 1 heterocycles. The lowest BCUT2D eigenvalue weighted by Gasteiger charge is -2.28. The van der Waals surface area contributed by atoms with Gasteiger partial charge >= 0.3 is 0 Å². The van der Waals surface area contributed by atoms with Gasteiger partial charge in [-0.2, -0.15) is 0 Å². The van der Waals surface area contributed by atoms with Gasteiger partial charge in [-0.25, -0.2) is 0 Å². The largest absolute Gasteiger partial charge is 0.299 e. The Labute approximate surface area is 101 Å². The summed E-state index contributed by atoms with van der Waals surface area (Å²) in [5.41, 5.74) is 3.04. The van der Waals surface area contributed by atoms with E-state index in [-0.39, 0.29) is 0 Å². The normalized spacial score (nSPS) is 16.4. The number of nitrogens with zero attached hydrogens (tertiary/aromatic N) is 1. The van der Waals surface area contributed by atoms with E-state index in [0.29, 0.717) is 0 Å². The van der Waals surface area contributed by atoms with Crippen molar-refractivity contribution in [3.05, 3.63) is 33.8 Å². The lowest BCUT2D eigenvalue weighted by atomic mass is 10.00. The van der Waals surface area contributed by atoms with Crippen LogP contribution in [0.1, 0.15) is 30.9 Å². The molecule has 82 valence electrons. The Morgan fingerprint density at radius 2 is 2.20 bits per heavy atom. The molecule has 0 saturated carbocycles. The van der Waals surface area contributed by atoms with Gasteiger partial charge in [0, 0.05) is 17.6 Å². The molecular weight excluding hydrogens is 250 g/mol. The van der Waals surface area contributed by atoms with Crippen molar-refractivity contribution in [2.75, 3.05) is 13.1 Å². The Morgan fingerprint density at radius 3 is 3.00 bits per heavy atom. The van der Waals surface area contributed by atoms with E-state index in [1.807, 2.05) is 0 Å². The van der Waals surface area contributed by atoms with Crippen LogP contribution >= 0.6 is 15.9 Å². The number of unbranched alkanes of at least 4 members (excludes halogenated alkanes) is 1. The summed E-state index contributed by atoms with van der Waals surface area (Å²) in [5, 5.41) is 0. The van der Waals surface area contributed by atoms with Crippen molar-refractivity contribution in [1.29, 1.82) is 0 Å². The van der Waals surface area contributed by atoms with Gasteiger partial charge in [0.15, 0.2) is 0 Å². The summed E-state index contributed by atoms with van der Waals surface area (Å²) in [6.07, 6.45) is 3.83. The van der Waals surface area contributed by atoms with E-state index in [4.69, 9.17) is 0 Å². The summed E-state index contributed by atoms with van der Waals surface area (Å²) in [5.74, 6) is 0. The maximum atomic E-state index is 3.54. The second kappa shape index (κ2) is 5.13. The molecule has 0 fully saturated rings. The van der Waals surface area contributed by atoms with Crippen LogP contribution in [-0.4, -0.2) is 18.0 Å². The first-order chi connectivity index (χ1) is 7.29. The molecule has 15 heavy (non-hydrogen) atoms.